The number of hydroxylamine groups is 2. The molecular weight excluding hydrogens is 425 g/mol. The van der Waals surface area contributed by atoms with Gasteiger partial charge >= 0.3 is 0 Å². The van der Waals surface area contributed by atoms with Gasteiger partial charge in [-0.05, 0) is 36.4 Å². The number of para-hydroxylation sites is 1. The van der Waals surface area contributed by atoms with Gasteiger partial charge < -0.3 is 9.47 Å². The first-order valence-corrected chi connectivity index (χ1v) is 10.2. The lowest BCUT2D eigenvalue weighted by Gasteiger charge is -2.37. The summed E-state index contributed by atoms with van der Waals surface area (Å²) < 4.78 is 11.9. The summed E-state index contributed by atoms with van der Waals surface area (Å²) in [5.41, 5.74) is 1.10. The highest BCUT2D eigenvalue weighted by Gasteiger charge is 2.34. The first kappa shape index (κ1) is 20.7. The lowest BCUT2D eigenvalue weighted by atomic mass is 10.2. The van der Waals surface area contributed by atoms with Crippen LogP contribution in [0.15, 0.2) is 78.9 Å². The van der Waals surface area contributed by atoms with Gasteiger partial charge in [-0.1, -0.05) is 65.7 Å². The Hall–Kier alpha value is -2.57. The van der Waals surface area contributed by atoms with Crippen molar-refractivity contribution in [2.45, 2.75) is 12.4 Å². The first-order chi connectivity index (χ1) is 14.6. The number of benzene rings is 3. The van der Waals surface area contributed by atoms with Crippen molar-refractivity contribution in [1.82, 2.24) is 5.06 Å². The van der Waals surface area contributed by atoms with Gasteiger partial charge in [0.1, 0.15) is 18.5 Å². The minimum atomic E-state index is -0.874. The Morgan fingerprint density at radius 1 is 1.00 bits per heavy atom. The second-order valence-electron chi connectivity index (χ2n) is 6.72. The molecule has 0 bridgehead atoms. The fourth-order valence-corrected chi connectivity index (χ4v) is 3.56. The Morgan fingerprint density at radius 3 is 2.40 bits per heavy atom. The Balaban J connectivity index is 1.56. The first-order valence-electron chi connectivity index (χ1n) is 9.42. The molecule has 2 atom stereocenters. The SMILES string of the molecule is O=C(c1ccccc1)N1C[C@H](COc2ccccc2)O[C@H](c2ccc(Cl)cc2Cl)O1. The van der Waals surface area contributed by atoms with Crippen LogP contribution < -0.4 is 4.74 Å². The van der Waals surface area contributed by atoms with Crippen molar-refractivity contribution >= 4 is 29.1 Å². The van der Waals surface area contributed by atoms with E-state index in [-0.39, 0.29) is 19.1 Å². The highest BCUT2D eigenvalue weighted by Crippen LogP contribution is 2.34. The molecule has 4 rings (SSSR count). The number of hydrogen-bond donors (Lipinski definition) is 0. The zero-order valence-corrected chi connectivity index (χ0v) is 17.4. The summed E-state index contributed by atoms with van der Waals surface area (Å²) >= 11 is 12.4. The van der Waals surface area contributed by atoms with E-state index in [1.165, 1.54) is 5.06 Å². The maximum atomic E-state index is 13.0. The summed E-state index contributed by atoms with van der Waals surface area (Å²) in [6, 6.07) is 23.4. The van der Waals surface area contributed by atoms with Gasteiger partial charge in [0.25, 0.3) is 5.91 Å². The Labute approximate surface area is 184 Å². The quantitative estimate of drug-likeness (QED) is 0.518. The van der Waals surface area contributed by atoms with Gasteiger partial charge in [-0.2, -0.15) is 0 Å². The molecular formula is C23H19Cl2NO4. The number of halogens is 2. The van der Waals surface area contributed by atoms with Crippen LogP contribution >= 0.6 is 23.2 Å². The third-order valence-corrected chi connectivity index (χ3v) is 5.11. The molecule has 1 aliphatic heterocycles. The molecule has 30 heavy (non-hydrogen) atoms. The summed E-state index contributed by atoms with van der Waals surface area (Å²) in [6.45, 7) is 0.454. The average Bonchev–Trinajstić information content (AvgIpc) is 2.78. The molecule has 0 saturated carbocycles. The van der Waals surface area contributed by atoms with E-state index < -0.39 is 12.4 Å². The van der Waals surface area contributed by atoms with Gasteiger partial charge in [0, 0.05) is 16.1 Å². The van der Waals surface area contributed by atoms with Crippen LogP contribution in [0.5, 0.6) is 5.75 Å². The maximum Gasteiger partial charge on any atom is 0.277 e. The lowest BCUT2D eigenvalue weighted by Crippen LogP contribution is -2.47. The molecule has 0 unspecified atom stereocenters. The Kier molecular flexibility index (Phi) is 6.55. The van der Waals surface area contributed by atoms with Gasteiger partial charge in [0.05, 0.1) is 11.6 Å². The van der Waals surface area contributed by atoms with E-state index in [1.807, 2.05) is 36.4 Å². The van der Waals surface area contributed by atoms with Crippen molar-refractivity contribution in [3.8, 4) is 5.75 Å². The van der Waals surface area contributed by atoms with Gasteiger partial charge in [-0.3, -0.25) is 4.79 Å². The average molecular weight is 444 g/mol. The van der Waals surface area contributed by atoms with E-state index >= 15 is 0 Å². The number of nitrogens with zero attached hydrogens (tertiary/aromatic N) is 1. The normalized spacial score (nSPS) is 18.8. The molecule has 0 radical (unpaired) electrons. The minimum absolute atomic E-state index is 0.211. The number of amides is 1. The third kappa shape index (κ3) is 4.94. The molecule has 1 fully saturated rings. The van der Waals surface area contributed by atoms with Crippen LogP contribution in [0.4, 0.5) is 0 Å². The summed E-state index contributed by atoms with van der Waals surface area (Å²) in [5, 5.41) is 2.19. The summed E-state index contributed by atoms with van der Waals surface area (Å²) in [5.74, 6) is 0.452. The molecule has 7 heteroatoms. The van der Waals surface area contributed by atoms with E-state index in [4.69, 9.17) is 37.5 Å². The van der Waals surface area contributed by atoms with Crippen LogP contribution in [-0.2, 0) is 9.57 Å². The summed E-state index contributed by atoms with van der Waals surface area (Å²) in [7, 11) is 0. The van der Waals surface area contributed by atoms with Gasteiger partial charge in [0.15, 0.2) is 0 Å². The molecule has 5 nitrogen and oxygen atoms in total. The molecule has 3 aromatic rings. The van der Waals surface area contributed by atoms with Crippen LogP contribution in [0.25, 0.3) is 0 Å². The highest BCUT2D eigenvalue weighted by molar-refractivity contribution is 6.35. The molecule has 3 aromatic carbocycles. The van der Waals surface area contributed by atoms with Crippen molar-refractivity contribution in [3.05, 3.63) is 100 Å². The largest absolute Gasteiger partial charge is 0.491 e. The van der Waals surface area contributed by atoms with Crippen LogP contribution in [0, 0.1) is 0 Å². The second kappa shape index (κ2) is 9.49. The van der Waals surface area contributed by atoms with Crippen LogP contribution in [0.3, 0.4) is 0 Å². The summed E-state index contributed by atoms with van der Waals surface area (Å²) in [4.78, 5) is 18.9. The van der Waals surface area contributed by atoms with Gasteiger partial charge in [-0.25, -0.2) is 9.90 Å². The van der Waals surface area contributed by atoms with E-state index in [2.05, 4.69) is 0 Å². The molecule has 1 saturated heterocycles. The van der Waals surface area contributed by atoms with E-state index in [0.29, 0.717) is 21.2 Å². The predicted octanol–water partition coefficient (Wildman–Crippen LogP) is 5.54. The highest BCUT2D eigenvalue weighted by atomic mass is 35.5. The molecule has 0 aliphatic carbocycles. The maximum absolute atomic E-state index is 13.0. The van der Waals surface area contributed by atoms with Gasteiger partial charge in [0.2, 0.25) is 6.29 Å². The van der Waals surface area contributed by atoms with Crippen molar-refractivity contribution in [2.75, 3.05) is 13.2 Å². The number of ether oxygens (including phenoxy) is 2. The standard InChI is InChI=1S/C23H19Cl2NO4/c24-17-11-12-20(21(25)13-17)23-29-19(15-28-18-9-5-2-6-10-18)14-26(30-23)22(27)16-7-3-1-4-8-16/h1-13,19,23H,14-15H2/t19-,23+/m1/s1. The molecule has 1 amide bonds. The Bertz CT molecular complexity index is 1000. The molecule has 1 aliphatic rings. The fraction of sp³-hybridized carbons (Fsp3) is 0.174. The molecule has 154 valence electrons. The minimum Gasteiger partial charge on any atom is -0.491 e. The molecule has 0 N–H and O–H groups in total. The number of carbonyl (C=O) groups is 1. The second-order valence-corrected chi connectivity index (χ2v) is 7.56. The van der Waals surface area contributed by atoms with E-state index in [1.54, 1.807) is 42.5 Å². The predicted molar refractivity (Wildman–Crippen MR) is 115 cm³/mol. The molecule has 1 heterocycles. The number of carbonyl (C=O) groups excluding carboxylic acids is 1. The topological polar surface area (TPSA) is 48.0 Å². The zero-order valence-electron chi connectivity index (χ0n) is 15.9. The summed E-state index contributed by atoms with van der Waals surface area (Å²) in [6.07, 6.45) is -1.30. The van der Waals surface area contributed by atoms with Crippen molar-refractivity contribution in [1.29, 1.82) is 0 Å². The molecule has 0 aromatic heterocycles. The number of hydrogen-bond acceptors (Lipinski definition) is 4. The lowest BCUT2D eigenvalue weighted by molar-refractivity contribution is -0.325. The zero-order chi connectivity index (χ0) is 20.9. The van der Waals surface area contributed by atoms with E-state index in [9.17, 15) is 4.79 Å². The monoisotopic (exact) mass is 443 g/mol. The van der Waals surface area contributed by atoms with Crippen LogP contribution in [0.2, 0.25) is 10.0 Å². The van der Waals surface area contributed by atoms with E-state index in [0.717, 1.165) is 5.75 Å². The van der Waals surface area contributed by atoms with Crippen LogP contribution in [0.1, 0.15) is 22.2 Å². The van der Waals surface area contributed by atoms with Crippen molar-refractivity contribution < 1.29 is 19.1 Å². The Morgan fingerprint density at radius 2 is 1.70 bits per heavy atom. The molecule has 0 spiro atoms. The van der Waals surface area contributed by atoms with Crippen molar-refractivity contribution in [2.24, 2.45) is 0 Å². The third-order valence-electron chi connectivity index (χ3n) is 4.55. The fourth-order valence-electron chi connectivity index (χ4n) is 3.06. The van der Waals surface area contributed by atoms with Gasteiger partial charge in [-0.15, -0.1) is 0 Å². The smallest absolute Gasteiger partial charge is 0.277 e. The number of rotatable bonds is 5. The van der Waals surface area contributed by atoms with Crippen molar-refractivity contribution in [3.63, 3.8) is 0 Å². The van der Waals surface area contributed by atoms with Crippen LogP contribution in [-0.4, -0.2) is 30.2 Å².